The zero-order valence-corrected chi connectivity index (χ0v) is 15.8. The Labute approximate surface area is 132 Å². The van der Waals surface area contributed by atoms with Crippen molar-refractivity contribution in [3.05, 3.63) is 0 Å². The first kappa shape index (κ1) is 18.7. The van der Waals surface area contributed by atoms with Crippen molar-refractivity contribution in [3.63, 3.8) is 0 Å². The van der Waals surface area contributed by atoms with Crippen LogP contribution in [0.5, 0.6) is 0 Å². The van der Waals surface area contributed by atoms with Crippen LogP contribution >= 0.6 is 11.8 Å². The van der Waals surface area contributed by atoms with Crippen LogP contribution in [-0.2, 0) is 18.8 Å². The standard InChI is InChI=1S/C14H27NO4SSi/c1-9(19-21(6,7)14(2,3)4)11-12(17)15-13(11)20-10(16)8-18-5/h9,11,13H,8H2,1-7H3,(H,15,17)/t9-,11+,13-/m1/s1. The summed E-state index contributed by atoms with van der Waals surface area (Å²) in [6.45, 7) is 12.8. The Morgan fingerprint density at radius 1 is 1.43 bits per heavy atom. The fraction of sp³-hybridized carbons (Fsp3) is 0.857. The molecule has 21 heavy (non-hydrogen) atoms. The number of thioether (sulfide) groups is 1. The van der Waals surface area contributed by atoms with E-state index >= 15 is 0 Å². The highest BCUT2D eigenvalue weighted by molar-refractivity contribution is 8.14. The molecule has 0 aliphatic carbocycles. The molecular formula is C14H27NO4SSi. The molecule has 1 saturated heterocycles. The highest BCUT2D eigenvalue weighted by atomic mass is 32.2. The summed E-state index contributed by atoms with van der Waals surface area (Å²) in [6, 6.07) is 0. The number of rotatable bonds is 6. The first-order chi connectivity index (χ1) is 9.49. The number of carbonyl (C=O) groups excluding carboxylic acids is 2. The summed E-state index contributed by atoms with van der Waals surface area (Å²) in [5.74, 6) is -0.311. The molecule has 0 aromatic heterocycles. The van der Waals surface area contributed by atoms with E-state index in [0.29, 0.717) is 0 Å². The van der Waals surface area contributed by atoms with Crippen LogP contribution in [0.4, 0.5) is 0 Å². The van der Waals surface area contributed by atoms with Crippen LogP contribution in [0.15, 0.2) is 0 Å². The van der Waals surface area contributed by atoms with Crippen LogP contribution in [0.3, 0.4) is 0 Å². The van der Waals surface area contributed by atoms with Crippen LogP contribution in [0, 0.1) is 5.92 Å². The summed E-state index contributed by atoms with van der Waals surface area (Å²) < 4.78 is 11.1. The number of β-lactam (4-membered cyclic amide) rings is 1. The molecule has 7 heteroatoms. The third-order valence-corrected chi connectivity index (χ3v) is 9.85. The van der Waals surface area contributed by atoms with Gasteiger partial charge in [-0.25, -0.2) is 0 Å². The molecule has 5 nitrogen and oxygen atoms in total. The second-order valence-corrected chi connectivity index (χ2v) is 12.9. The molecular weight excluding hydrogens is 306 g/mol. The number of nitrogens with one attached hydrogen (secondary N) is 1. The van der Waals surface area contributed by atoms with Gasteiger partial charge in [-0.15, -0.1) is 0 Å². The second-order valence-electron chi connectivity index (χ2n) is 6.96. The fourth-order valence-electron chi connectivity index (χ4n) is 1.94. The maximum absolute atomic E-state index is 11.8. The van der Waals surface area contributed by atoms with Gasteiger partial charge in [-0.2, -0.15) is 0 Å². The average Bonchev–Trinajstić information content (AvgIpc) is 2.25. The smallest absolute Gasteiger partial charge is 0.229 e. The van der Waals surface area contributed by atoms with E-state index in [-0.39, 0.29) is 40.1 Å². The molecule has 122 valence electrons. The molecule has 0 unspecified atom stereocenters. The van der Waals surface area contributed by atoms with Gasteiger partial charge >= 0.3 is 0 Å². The largest absolute Gasteiger partial charge is 0.413 e. The van der Waals surface area contributed by atoms with Gasteiger partial charge in [0, 0.05) is 7.11 Å². The summed E-state index contributed by atoms with van der Waals surface area (Å²) in [5, 5.41) is 2.58. The molecule has 1 fully saturated rings. The van der Waals surface area contributed by atoms with E-state index in [9.17, 15) is 9.59 Å². The summed E-state index contributed by atoms with van der Waals surface area (Å²) in [5.41, 5.74) is 0. The van der Waals surface area contributed by atoms with E-state index in [2.05, 4.69) is 39.2 Å². The van der Waals surface area contributed by atoms with Crippen molar-refractivity contribution in [2.45, 2.75) is 57.3 Å². The van der Waals surface area contributed by atoms with Gasteiger partial charge in [0.25, 0.3) is 0 Å². The van der Waals surface area contributed by atoms with Crippen molar-refractivity contribution in [2.75, 3.05) is 13.7 Å². The topological polar surface area (TPSA) is 64.6 Å². The first-order valence-corrected chi connectivity index (χ1v) is 10.9. The second kappa shape index (κ2) is 6.81. The van der Waals surface area contributed by atoms with Crippen LogP contribution < -0.4 is 5.32 Å². The lowest BCUT2D eigenvalue weighted by Crippen LogP contribution is -2.62. The lowest BCUT2D eigenvalue weighted by molar-refractivity contribution is -0.136. The highest BCUT2D eigenvalue weighted by Gasteiger charge is 2.48. The number of hydrogen-bond acceptors (Lipinski definition) is 5. The molecule has 1 amide bonds. The van der Waals surface area contributed by atoms with Crippen molar-refractivity contribution >= 4 is 31.1 Å². The maximum atomic E-state index is 11.8. The minimum absolute atomic E-state index is 0.0380. The van der Waals surface area contributed by atoms with Crippen LogP contribution in [0.1, 0.15) is 27.7 Å². The Bertz CT molecular complexity index is 408. The van der Waals surface area contributed by atoms with Crippen molar-refractivity contribution in [1.29, 1.82) is 0 Å². The molecule has 3 atom stereocenters. The molecule has 0 radical (unpaired) electrons. The number of ether oxygens (including phenoxy) is 1. The van der Waals surface area contributed by atoms with Gasteiger partial charge in [-0.05, 0) is 25.1 Å². The van der Waals surface area contributed by atoms with Crippen molar-refractivity contribution in [3.8, 4) is 0 Å². The molecule has 1 aliphatic heterocycles. The monoisotopic (exact) mass is 333 g/mol. The van der Waals surface area contributed by atoms with Crippen molar-refractivity contribution < 1.29 is 18.8 Å². The van der Waals surface area contributed by atoms with Gasteiger partial charge in [-0.1, -0.05) is 32.5 Å². The first-order valence-electron chi connectivity index (χ1n) is 7.16. The Morgan fingerprint density at radius 2 is 2.00 bits per heavy atom. The van der Waals surface area contributed by atoms with E-state index < -0.39 is 8.32 Å². The van der Waals surface area contributed by atoms with Crippen molar-refractivity contribution in [2.24, 2.45) is 5.92 Å². The zero-order valence-electron chi connectivity index (χ0n) is 14.0. The summed E-state index contributed by atoms with van der Waals surface area (Å²) in [6.07, 6.45) is -0.188. The van der Waals surface area contributed by atoms with Crippen LogP contribution in [0.2, 0.25) is 18.1 Å². The van der Waals surface area contributed by atoms with Gasteiger partial charge in [0.1, 0.15) is 6.61 Å². The quantitative estimate of drug-likeness (QED) is 0.597. The zero-order chi connectivity index (χ0) is 16.4. The number of methoxy groups -OCH3 is 1. The third kappa shape index (κ3) is 4.55. The molecule has 0 aromatic rings. The molecule has 0 bridgehead atoms. The summed E-state index contributed by atoms with van der Waals surface area (Å²) >= 11 is 1.12. The van der Waals surface area contributed by atoms with E-state index in [0.717, 1.165) is 11.8 Å². The van der Waals surface area contributed by atoms with Gasteiger partial charge in [0.15, 0.2) is 8.32 Å². The van der Waals surface area contributed by atoms with E-state index in [1.807, 2.05) is 6.92 Å². The predicted octanol–water partition coefficient (Wildman–Crippen LogP) is 2.38. The Kier molecular flexibility index (Phi) is 6.05. The van der Waals surface area contributed by atoms with Crippen LogP contribution in [-0.4, -0.2) is 44.5 Å². The van der Waals surface area contributed by atoms with Crippen molar-refractivity contribution in [1.82, 2.24) is 5.32 Å². The van der Waals surface area contributed by atoms with Gasteiger partial charge < -0.3 is 14.5 Å². The van der Waals surface area contributed by atoms with E-state index in [1.165, 1.54) is 7.11 Å². The predicted molar refractivity (Wildman–Crippen MR) is 87.6 cm³/mol. The minimum atomic E-state index is -1.93. The Balaban J connectivity index is 2.65. The van der Waals surface area contributed by atoms with Gasteiger partial charge in [-0.3, -0.25) is 9.59 Å². The lowest BCUT2D eigenvalue weighted by atomic mass is 9.96. The number of carbonyl (C=O) groups is 2. The molecule has 1 heterocycles. The normalized spacial score (nSPS) is 24.2. The lowest BCUT2D eigenvalue weighted by Gasteiger charge is -2.44. The number of amides is 1. The van der Waals surface area contributed by atoms with Gasteiger partial charge in [0.2, 0.25) is 11.0 Å². The number of hydrogen-bond donors (Lipinski definition) is 1. The SMILES string of the molecule is COCC(=O)S[C@H]1NC(=O)[C@@H]1[C@@H](C)O[Si](C)(C)C(C)(C)C. The molecule has 1 rings (SSSR count). The van der Waals surface area contributed by atoms with Crippen LogP contribution in [0.25, 0.3) is 0 Å². The molecule has 0 saturated carbocycles. The third-order valence-electron chi connectivity index (χ3n) is 4.23. The fourth-order valence-corrected chi connectivity index (χ4v) is 4.50. The maximum Gasteiger partial charge on any atom is 0.229 e. The molecule has 0 spiro atoms. The Morgan fingerprint density at radius 3 is 2.43 bits per heavy atom. The summed E-state index contributed by atoms with van der Waals surface area (Å²) in [7, 11) is -0.442. The Hall–Kier alpha value is -0.373. The minimum Gasteiger partial charge on any atom is -0.413 e. The molecule has 1 aliphatic rings. The molecule has 0 aromatic carbocycles. The van der Waals surface area contributed by atoms with E-state index in [4.69, 9.17) is 9.16 Å². The van der Waals surface area contributed by atoms with Gasteiger partial charge in [0.05, 0.1) is 17.4 Å². The van der Waals surface area contributed by atoms with E-state index in [1.54, 1.807) is 0 Å². The molecule has 1 N–H and O–H groups in total. The highest BCUT2D eigenvalue weighted by Crippen LogP contribution is 2.40. The summed E-state index contributed by atoms with van der Waals surface area (Å²) in [4.78, 5) is 23.4. The average molecular weight is 334 g/mol.